The molecule has 1 N–H and O–H groups in total. The number of hydrogen-bond donors (Lipinski definition) is 1. The fourth-order valence-electron chi connectivity index (χ4n) is 4.02. The summed E-state index contributed by atoms with van der Waals surface area (Å²) in [6.45, 7) is 7.16. The topological polar surface area (TPSA) is 95.0 Å². The molecule has 1 aromatic carbocycles. The lowest BCUT2D eigenvalue weighted by molar-refractivity contribution is -0.151. The van der Waals surface area contributed by atoms with Crippen LogP contribution in [0.15, 0.2) is 41.3 Å². The summed E-state index contributed by atoms with van der Waals surface area (Å²) < 4.78 is 27.4. The smallest absolute Gasteiger partial charge is 0.307 e. The SMILES string of the molecule is CC(C)(C)c1ccc(S(=O)(=O)N2CCN(C(=O)C3CC=CCC3C(=O)O)CC2)cc1. The number of benzene rings is 1. The highest BCUT2D eigenvalue weighted by Crippen LogP contribution is 2.29. The molecule has 3 rings (SSSR count). The third-order valence-corrected chi connectivity index (χ3v) is 7.89. The van der Waals surface area contributed by atoms with Crippen molar-refractivity contribution in [3.05, 3.63) is 42.0 Å². The summed E-state index contributed by atoms with van der Waals surface area (Å²) in [5.41, 5.74) is 1.00. The van der Waals surface area contributed by atoms with E-state index in [9.17, 15) is 23.1 Å². The summed E-state index contributed by atoms with van der Waals surface area (Å²) in [6.07, 6.45) is 4.42. The number of sulfonamides is 1. The van der Waals surface area contributed by atoms with Gasteiger partial charge in [0.05, 0.1) is 16.7 Å². The number of carboxylic acids is 1. The second-order valence-electron chi connectivity index (χ2n) is 9.00. The van der Waals surface area contributed by atoms with E-state index < -0.39 is 27.8 Å². The molecule has 1 heterocycles. The molecule has 1 aromatic rings. The zero-order valence-corrected chi connectivity index (χ0v) is 18.6. The van der Waals surface area contributed by atoms with Crippen molar-refractivity contribution < 1.29 is 23.1 Å². The standard InChI is InChI=1S/C22H30N2O5S/c1-22(2,3)16-8-10-17(11-9-16)30(28,29)24-14-12-23(13-15-24)20(25)18-6-4-5-7-19(18)21(26)27/h4-5,8-11,18-19H,6-7,12-15H2,1-3H3,(H,26,27). The van der Waals surface area contributed by atoms with Gasteiger partial charge in [-0.1, -0.05) is 45.1 Å². The van der Waals surface area contributed by atoms with Crippen LogP contribution in [0.2, 0.25) is 0 Å². The fourth-order valence-corrected chi connectivity index (χ4v) is 5.44. The number of piperazine rings is 1. The minimum Gasteiger partial charge on any atom is -0.481 e. The van der Waals surface area contributed by atoms with Crippen molar-refractivity contribution in [1.29, 1.82) is 0 Å². The lowest BCUT2D eigenvalue weighted by Gasteiger charge is -2.37. The Morgan fingerprint density at radius 3 is 1.97 bits per heavy atom. The lowest BCUT2D eigenvalue weighted by atomic mass is 9.82. The molecule has 2 aliphatic rings. The Balaban J connectivity index is 1.66. The molecule has 1 aliphatic heterocycles. The van der Waals surface area contributed by atoms with Gasteiger partial charge in [0.25, 0.3) is 0 Å². The van der Waals surface area contributed by atoms with E-state index in [1.165, 1.54) is 4.31 Å². The van der Waals surface area contributed by atoms with Crippen LogP contribution >= 0.6 is 0 Å². The Morgan fingerprint density at radius 1 is 0.933 bits per heavy atom. The van der Waals surface area contributed by atoms with Crippen molar-refractivity contribution in [2.75, 3.05) is 26.2 Å². The first-order valence-corrected chi connectivity index (χ1v) is 11.7. The van der Waals surface area contributed by atoms with Gasteiger partial charge < -0.3 is 10.0 Å². The molecule has 0 spiro atoms. The van der Waals surface area contributed by atoms with Gasteiger partial charge in [0.1, 0.15) is 0 Å². The van der Waals surface area contributed by atoms with Crippen molar-refractivity contribution in [2.45, 2.75) is 43.9 Å². The molecule has 1 aliphatic carbocycles. The van der Waals surface area contributed by atoms with Gasteiger partial charge in [-0.15, -0.1) is 0 Å². The van der Waals surface area contributed by atoms with Crippen LogP contribution in [0.4, 0.5) is 0 Å². The van der Waals surface area contributed by atoms with E-state index in [0.717, 1.165) is 5.56 Å². The van der Waals surface area contributed by atoms with Crippen LogP contribution in [-0.4, -0.2) is 60.8 Å². The maximum atomic E-state index is 13.0. The number of allylic oxidation sites excluding steroid dienone is 2. The summed E-state index contributed by atoms with van der Waals surface area (Å²) in [4.78, 5) is 26.2. The fraction of sp³-hybridized carbons (Fsp3) is 0.545. The Bertz CT molecular complexity index is 923. The summed E-state index contributed by atoms with van der Waals surface area (Å²) in [6, 6.07) is 6.96. The number of rotatable bonds is 4. The second-order valence-corrected chi connectivity index (χ2v) is 10.9. The largest absolute Gasteiger partial charge is 0.481 e. The molecule has 8 heteroatoms. The number of carboxylic acid groups (broad SMARTS) is 1. The molecule has 1 saturated heterocycles. The molecule has 2 unspecified atom stereocenters. The van der Waals surface area contributed by atoms with Crippen LogP contribution in [0, 0.1) is 11.8 Å². The van der Waals surface area contributed by atoms with Crippen LogP contribution in [0.1, 0.15) is 39.2 Å². The van der Waals surface area contributed by atoms with Gasteiger partial charge in [0, 0.05) is 26.2 Å². The molecule has 1 fully saturated rings. The summed E-state index contributed by atoms with van der Waals surface area (Å²) in [7, 11) is -3.63. The van der Waals surface area contributed by atoms with Crippen LogP contribution in [0.5, 0.6) is 0 Å². The summed E-state index contributed by atoms with van der Waals surface area (Å²) in [5.74, 6) is -2.46. The molecular formula is C22H30N2O5S. The van der Waals surface area contributed by atoms with Gasteiger partial charge in [-0.25, -0.2) is 8.42 Å². The van der Waals surface area contributed by atoms with Crippen LogP contribution in [-0.2, 0) is 25.0 Å². The highest BCUT2D eigenvalue weighted by molar-refractivity contribution is 7.89. The minimum atomic E-state index is -3.63. The van der Waals surface area contributed by atoms with Crippen LogP contribution in [0.25, 0.3) is 0 Å². The number of carbonyl (C=O) groups is 2. The lowest BCUT2D eigenvalue weighted by Crippen LogP contribution is -2.53. The third-order valence-electron chi connectivity index (χ3n) is 5.98. The van der Waals surface area contributed by atoms with E-state index in [-0.39, 0.29) is 42.4 Å². The molecule has 0 radical (unpaired) electrons. The zero-order valence-electron chi connectivity index (χ0n) is 17.7. The molecular weight excluding hydrogens is 404 g/mol. The van der Waals surface area contributed by atoms with Crippen molar-refractivity contribution >= 4 is 21.9 Å². The van der Waals surface area contributed by atoms with E-state index in [2.05, 4.69) is 20.8 Å². The normalized spacial score (nSPS) is 23.4. The van der Waals surface area contributed by atoms with Gasteiger partial charge in [0.15, 0.2) is 0 Å². The molecule has 0 saturated carbocycles. The summed E-state index contributed by atoms with van der Waals surface area (Å²) >= 11 is 0. The molecule has 0 aromatic heterocycles. The average molecular weight is 435 g/mol. The first-order chi connectivity index (χ1) is 14.0. The first-order valence-electron chi connectivity index (χ1n) is 10.3. The van der Waals surface area contributed by atoms with E-state index in [0.29, 0.717) is 12.8 Å². The van der Waals surface area contributed by atoms with E-state index in [1.54, 1.807) is 23.1 Å². The van der Waals surface area contributed by atoms with E-state index in [4.69, 9.17) is 0 Å². The second kappa shape index (κ2) is 8.51. The molecule has 0 bridgehead atoms. The Kier molecular flexibility index (Phi) is 6.38. The maximum absolute atomic E-state index is 13.0. The predicted molar refractivity (Wildman–Crippen MR) is 113 cm³/mol. The first kappa shape index (κ1) is 22.5. The molecule has 1 amide bonds. The van der Waals surface area contributed by atoms with Crippen molar-refractivity contribution in [1.82, 2.24) is 9.21 Å². The highest BCUT2D eigenvalue weighted by atomic mass is 32.2. The van der Waals surface area contributed by atoms with Gasteiger partial charge in [-0.05, 0) is 36.0 Å². The van der Waals surface area contributed by atoms with Gasteiger partial charge in [-0.3, -0.25) is 9.59 Å². The number of hydrogen-bond acceptors (Lipinski definition) is 4. The Morgan fingerprint density at radius 2 is 1.47 bits per heavy atom. The number of aliphatic carboxylic acids is 1. The molecule has 164 valence electrons. The highest BCUT2D eigenvalue weighted by Gasteiger charge is 2.38. The van der Waals surface area contributed by atoms with Gasteiger partial charge >= 0.3 is 5.97 Å². The van der Waals surface area contributed by atoms with E-state index >= 15 is 0 Å². The minimum absolute atomic E-state index is 0.0591. The van der Waals surface area contributed by atoms with Crippen LogP contribution < -0.4 is 0 Å². The van der Waals surface area contributed by atoms with Gasteiger partial charge in [-0.2, -0.15) is 4.31 Å². The number of nitrogens with zero attached hydrogens (tertiary/aromatic N) is 2. The third kappa shape index (κ3) is 4.59. The van der Waals surface area contributed by atoms with Crippen molar-refractivity contribution in [2.24, 2.45) is 11.8 Å². The Hall–Kier alpha value is -2.19. The number of carbonyl (C=O) groups excluding carboxylic acids is 1. The van der Waals surface area contributed by atoms with Crippen molar-refractivity contribution in [3.63, 3.8) is 0 Å². The van der Waals surface area contributed by atoms with Crippen LogP contribution in [0.3, 0.4) is 0 Å². The monoisotopic (exact) mass is 434 g/mol. The maximum Gasteiger partial charge on any atom is 0.307 e. The molecule has 2 atom stereocenters. The average Bonchev–Trinajstić information content (AvgIpc) is 2.72. The quantitative estimate of drug-likeness (QED) is 0.735. The Labute approximate surface area is 178 Å². The zero-order chi connectivity index (χ0) is 22.1. The number of amides is 1. The van der Waals surface area contributed by atoms with Crippen molar-refractivity contribution in [3.8, 4) is 0 Å². The molecule has 30 heavy (non-hydrogen) atoms. The van der Waals surface area contributed by atoms with E-state index in [1.807, 2.05) is 18.2 Å². The molecule has 7 nitrogen and oxygen atoms in total. The van der Waals surface area contributed by atoms with Gasteiger partial charge in [0.2, 0.25) is 15.9 Å². The predicted octanol–water partition coefficient (Wildman–Crippen LogP) is 2.48. The summed E-state index contributed by atoms with van der Waals surface area (Å²) in [5, 5.41) is 9.41.